The number of carbonyl (C=O) groups excluding carboxylic acids is 1. The Morgan fingerprint density at radius 2 is 1.69 bits per heavy atom. The van der Waals surface area contributed by atoms with Gasteiger partial charge in [-0.2, -0.15) is 0 Å². The second-order valence-corrected chi connectivity index (χ2v) is 3.96. The molecular formula is C11H7IO. The van der Waals surface area contributed by atoms with E-state index in [1.165, 1.54) is 3.57 Å². The highest BCUT2D eigenvalue weighted by Crippen LogP contribution is 2.22. The molecule has 0 saturated carbocycles. The number of hydrogen-bond acceptors (Lipinski definition) is 1. The Bertz CT molecular complexity index is 463. The molecule has 0 atom stereocenters. The number of carbonyl (C=O) groups is 1. The molecular weight excluding hydrogens is 275 g/mol. The molecule has 0 aromatic heterocycles. The molecule has 2 rings (SSSR count). The fourth-order valence-electron chi connectivity index (χ4n) is 1.39. The third kappa shape index (κ3) is 1.46. The quantitative estimate of drug-likeness (QED) is 0.579. The summed E-state index contributed by atoms with van der Waals surface area (Å²) in [6.45, 7) is 0. The Balaban J connectivity index is 2.92. The highest BCUT2D eigenvalue weighted by Gasteiger charge is 2.01. The molecule has 0 fully saturated rings. The van der Waals surface area contributed by atoms with Gasteiger partial charge in [-0.25, -0.2) is 0 Å². The minimum absolute atomic E-state index is 0.760. The minimum atomic E-state index is 0.760. The van der Waals surface area contributed by atoms with Gasteiger partial charge in [0, 0.05) is 9.13 Å². The highest BCUT2D eigenvalue weighted by atomic mass is 127. The van der Waals surface area contributed by atoms with Gasteiger partial charge < -0.3 is 0 Å². The summed E-state index contributed by atoms with van der Waals surface area (Å²) >= 11 is 2.28. The minimum Gasteiger partial charge on any atom is -0.298 e. The number of benzene rings is 2. The number of aldehydes is 1. The zero-order valence-electron chi connectivity index (χ0n) is 6.83. The van der Waals surface area contributed by atoms with Crippen molar-refractivity contribution in [2.24, 2.45) is 0 Å². The summed E-state index contributed by atoms with van der Waals surface area (Å²) in [4.78, 5) is 10.7. The first-order valence-electron chi connectivity index (χ1n) is 3.95. The van der Waals surface area contributed by atoms with E-state index in [2.05, 4.69) is 22.6 Å². The van der Waals surface area contributed by atoms with Crippen LogP contribution >= 0.6 is 22.6 Å². The molecule has 0 amide bonds. The Labute approximate surface area is 89.9 Å². The van der Waals surface area contributed by atoms with Crippen molar-refractivity contribution >= 4 is 39.6 Å². The lowest BCUT2D eigenvalue weighted by atomic mass is 10.1. The van der Waals surface area contributed by atoms with E-state index >= 15 is 0 Å². The predicted molar refractivity (Wildman–Crippen MR) is 62.1 cm³/mol. The monoisotopic (exact) mass is 282 g/mol. The van der Waals surface area contributed by atoms with Crippen molar-refractivity contribution in [2.45, 2.75) is 0 Å². The average Bonchev–Trinajstić information content (AvgIpc) is 2.19. The van der Waals surface area contributed by atoms with Crippen LogP contribution in [0.15, 0.2) is 36.4 Å². The van der Waals surface area contributed by atoms with Crippen LogP contribution in [-0.2, 0) is 0 Å². The lowest BCUT2D eigenvalue weighted by molar-refractivity contribution is 0.112. The Morgan fingerprint density at radius 1 is 1.00 bits per heavy atom. The van der Waals surface area contributed by atoms with E-state index in [1.807, 2.05) is 36.4 Å². The zero-order valence-corrected chi connectivity index (χ0v) is 8.99. The molecule has 0 spiro atoms. The fourth-order valence-corrected chi connectivity index (χ4v) is 2.04. The van der Waals surface area contributed by atoms with Gasteiger partial charge in [0.2, 0.25) is 0 Å². The molecule has 0 heterocycles. The summed E-state index contributed by atoms with van der Waals surface area (Å²) in [5.74, 6) is 0. The molecule has 0 aliphatic heterocycles. The van der Waals surface area contributed by atoms with Crippen molar-refractivity contribution in [1.29, 1.82) is 0 Å². The first kappa shape index (κ1) is 8.69. The lowest BCUT2D eigenvalue weighted by Crippen LogP contribution is -1.85. The van der Waals surface area contributed by atoms with Gasteiger partial charge >= 0.3 is 0 Å². The van der Waals surface area contributed by atoms with Crippen molar-refractivity contribution < 1.29 is 4.79 Å². The molecule has 0 N–H and O–H groups in total. The number of fused-ring (bicyclic) bond motifs is 1. The van der Waals surface area contributed by atoms with Gasteiger partial charge in [0.05, 0.1) is 0 Å². The van der Waals surface area contributed by atoms with Gasteiger partial charge in [0.25, 0.3) is 0 Å². The number of halogens is 1. The molecule has 64 valence electrons. The second-order valence-electron chi connectivity index (χ2n) is 2.80. The fraction of sp³-hybridized carbons (Fsp3) is 0. The van der Waals surface area contributed by atoms with E-state index in [0.717, 1.165) is 22.6 Å². The maximum absolute atomic E-state index is 10.7. The summed E-state index contributed by atoms with van der Waals surface area (Å²) in [7, 11) is 0. The molecule has 0 aliphatic rings. The van der Waals surface area contributed by atoms with E-state index in [4.69, 9.17) is 0 Å². The van der Waals surface area contributed by atoms with Crippen LogP contribution in [0.3, 0.4) is 0 Å². The van der Waals surface area contributed by atoms with Crippen LogP contribution in [0.4, 0.5) is 0 Å². The molecule has 2 heteroatoms. The topological polar surface area (TPSA) is 17.1 Å². The molecule has 0 saturated heterocycles. The second kappa shape index (κ2) is 3.46. The number of hydrogen-bond donors (Lipinski definition) is 0. The van der Waals surface area contributed by atoms with Crippen molar-refractivity contribution in [1.82, 2.24) is 0 Å². The van der Waals surface area contributed by atoms with E-state index in [1.54, 1.807) is 0 Å². The molecule has 2 aromatic rings. The van der Waals surface area contributed by atoms with Crippen LogP contribution in [0, 0.1) is 3.57 Å². The van der Waals surface area contributed by atoms with Crippen molar-refractivity contribution in [2.75, 3.05) is 0 Å². The van der Waals surface area contributed by atoms with Crippen LogP contribution in [0.5, 0.6) is 0 Å². The number of rotatable bonds is 1. The maximum atomic E-state index is 10.7. The van der Waals surface area contributed by atoms with Crippen LogP contribution in [-0.4, -0.2) is 6.29 Å². The highest BCUT2D eigenvalue weighted by molar-refractivity contribution is 14.1. The third-order valence-corrected chi connectivity index (χ3v) is 2.97. The summed E-state index contributed by atoms with van der Waals surface area (Å²) in [6.07, 6.45) is 0.901. The largest absolute Gasteiger partial charge is 0.298 e. The average molecular weight is 282 g/mol. The third-order valence-electron chi connectivity index (χ3n) is 2.03. The summed E-state index contributed by atoms with van der Waals surface area (Å²) in [5, 5.41) is 2.18. The first-order chi connectivity index (χ1) is 6.33. The van der Waals surface area contributed by atoms with Crippen LogP contribution in [0.1, 0.15) is 10.4 Å². The van der Waals surface area contributed by atoms with Crippen LogP contribution in [0.25, 0.3) is 10.8 Å². The molecule has 0 bridgehead atoms. The molecule has 2 aromatic carbocycles. The summed E-state index contributed by atoms with van der Waals surface area (Å²) in [6, 6.07) is 11.8. The molecule has 1 nitrogen and oxygen atoms in total. The lowest BCUT2D eigenvalue weighted by Gasteiger charge is -2.01. The molecule has 0 aliphatic carbocycles. The Kier molecular flexibility index (Phi) is 2.31. The first-order valence-corrected chi connectivity index (χ1v) is 5.03. The van der Waals surface area contributed by atoms with Gasteiger partial charge in [-0.3, -0.25) is 4.79 Å². The van der Waals surface area contributed by atoms with Crippen LogP contribution in [0.2, 0.25) is 0 Å². The summed E-state index contributed by atoms with van der Waals surface area (Å²) in [5.41, 5.74) is 0.760. The Hall–Kier alpha value is -0.900. The van der Waals surface area contributed by atoms with E-state index < -0.39 is 0 Å². The maximum Gasteiger partial charge on any atom is 0.150 e. The zero-order chi connectivity index (χ0) is 9.26. The normalized spacial score (nSPS) is 10.2. The smallest absolute Gasteiger partial charge is 0.150 e. The predicted octanol–water partition coefficient (Wildman–Crippen LogP) is 3.26. The van der Waals surface area contributed by atoms with E-state index in [-0.39, 0.29) is 0 Å². The van der Waals surface area contributed by atoms with Gasteiger partial charge in [-0.15, -0.1) is 0 Å². The molecule has 0 unspecified atom stereocenters. The van der Waals surface area contributed by atoms with Gasteiger partial charge in [-0.1, -0.05) is 30.3 Å². The van der Waals surface area contributed by atoms with Crippen molar-refractivity contribution in [3.63, 3.8) is 0 Å². The van der Waals surface area contributed by atoms with Gasteiger partial charge in [-0.05, 0) is 39.4 Å². The van der Waals surface area contributed by atoms with Crippen molar-refractivity contribution in [3.8, 4) is 0 Å². The SMILES string of the molecule is O=Cc1ccc(I)c2ccccc12. The molecule has 13 heavy (non-hydrogen) atoms. The van der Waals surface area contributed by atoms with Crippen LogP contribution < -0.4 is 0 Å². The molecule has 0 radical (unpaired) electrons. The van der Waals surface area contributed by atoms with Gasteiger partial charge in [0.15, 0.2) is 6.29 Å². The van der Waals surface area contributed by atoms with E-state index in [0.29, 0.717) is 0 Å². The van der Waals surface area contributed by atoms with Crippen molar-refractivity contribution in [3.05, 3.63) is 45.5 Å². The summed E-state index contributed by atoms with van der Waals surface area (Å²) < 4.78 is 1.18. The van der Waals surface area contributed by atoms with Gasteiger partial charge in [0.1, 0.15) is 0 Å². The standard InChI is InChI=1S/C11H7IO/c12-11-6-5-8(7-13)9-3-1-2-4-10(9)11/h1-7H. The van der Waals surface area contributed by atoms with E-state index in [9.17, 15) is 4.79 Å². The Morgan fingerprint density at radius 3 is 2.38 bits per heavy atom.